The lowest BCUT2D eigenvalue weighted by Crippen LogP contribution is -2.48. The molecule has 0 saturated carbocycles. The lowest BCUT2D eigenvalue weighted by molar-refractivity contribution is 0.0915. The van der Waals surface area contributed by atoms with Gasteiger partial charge in [0.05, 0.1) is 11.5 Å². The fraction of sp³-hybridized carbons (Fsp3) is 0.500. The van der Waals surface area contributed by atoms with Crippen LogP contribution in [0.5, 0.6) is 0 Å². The van der Waals surface area contributed by atoms with Crippen LogP contribution in [-0.2, 0) is 14.8 Å². The van der Waals surface area contributed by atoms with Crippen molar-refractivity contribution in [3.05, 3.63) is 29.8 Å². The molecule has 0 radical (unpaired) electrons. The Bertz CT molecular complexity index is 597. The summed E-state index contributed by atoms with van der Waals surface area (Å²) >= 11 is 0. The second-order valence-electron chi connectivity index (χ2n) is 5.46. The van der Waals surface area contributed by atoms with Gasteiger partial charge in [-0.05, 0) is 38.1 Å². The Morgan fingerprint density at radius 1 is 1.27 bits per heavy atom. The Balaban J connectivity index is 2.80. The van der Waals surface area contributed by atoms with E-state index >= 15 is 0 Å². The number of carbonyl (C=O) groups excluding carboxylic acids is 1. The van der Waals surface area contributed by atoms with Gasteiger partial charge >= 0.3 is 0 Å². The summed E-state index contributed by atoms with van der Waals surface area (Å²) < 4.78 is 31.2. The molecule has 0 aliphatic carbocycles. The van der Waals surface area contributed by atoms with Crippen molar-refractivity contribution < 1.29 is 17.9 Å². The zero-order chi connectivity index (χ0) is 16.8. The smallest absolute Gasteiger partial charge is 0.251 e. The number of methoxy groups -OCH3 is 1. The molecular weight excluding hydrogens is 306 g/mol. The minimum absolute atomic E-state index is 0.0956. The van der Waals surface area contributed by atoms with Crippen LogP contribution in [0.15, 0.2) is 29.2 Å². The molecule has 7 nitrogen and oxygen atoms in total. The molecule has 0 bridgehead atoms. The van der Waals surface area contributed by atoms with Crippen LogP contribution in [0.4, 0.5) is 0 Å². The van der Waals surface area contributed by atoms with Crippen LogP contribution in [0.3, 0.4) is 0 Å². The molecule has 0 aliphatic rings. The first kappa shape index (κ1) is 18.6. The molecule has 22 heavy (non-hydrogen) atoms. The Labute approximate surface area is 131 Å². The van der Waals surface area contributed by atoms with Crippen LogP contribution in [0, 0.1) is 0 Å². The van der Waals surface area contributed by atoms with Gasteiger partial charge in [-0.2, -0.15) is 0 Å². The highest BCUT2D eigenvalue weighted by Gasteiger charge is 2.20. The largest absolute Gasteiger partial charge is 0.383 e. The molecule has 1 amide bonds. The summed E-state index contributed by atoms with van der Waals surface area (Å²) in [5.41, 5.74) is 5.41. The third-order valence-electron chi connectivity index (χ3n) is 2.99. The number of sulfonamides is 1. The third-order valence-corrected chi connectivity index (χ3v) is 4.46. The van der Waals surface area contributed by atoms with E-state index in [0.29, 0.717) is 12.1 Å². The Kier molecular flexibility index (Phi) is 6.48. The molecule has 1 aromatic carbocycles. The molecule has 0 heterocycles. The van der Waals surface area contributed by atoms with E-state index in [-0.39, 0.29) is 24.0 Å². The summed E-state index contributed by atoms with van der Waals surface area (Å²) in [6.45, 7) is 4.39. The number of hydrogen-bond donors (Lipinski definition) is 3. The minimum Gasteiger partial charge on any atom is -0.383 e. The topological polar surface area (TPSA) is 111 Å². The van der Waals surface area contributed by atoms with Gasteiger partial charge in [0.2, 0.25) is 10.0 Å². The summed E-state index contributed by atoms with van der Waals surface area (Å²) in [4.78, 5) is 12.1. The number of benzene rings is 1. The maximum absolute atomic E-state index is 12.0. The number of ether oxygens (including phenoxy) is 1. The van der Waals surface area contributed by atoms with E-state index in [1.807, 2.05) is 13.8 Å². The van der Waals surface area contributed by atoms with Crippen LogP contribution in [0.25, 0.3) is 0 Å². The molecule has 0 aromatic heterocycles. The molecule has 0 saturated heterocycles. The Morgan fingerprint density at radius 3 is 2.36 bits per heavy atom. The molecule has 0 aliphatic heterocycles. The number of nitrogens with two attached hydrogens (primary N) is 1. The summed E-state index contributed by atoms with van der Waals surface area (Å²) in [7, 11) is -2.11. The van der Waals surface area contributed by atoms with Crippen LogP contribution < -0.4 is 15.8 Å². The fourth-order valence-electron chi connectivity index (χ4n) is 1.58. The molecule has 0 atom stereocenters. The molecule has 8 heteroatoms. The highest BCUT2D eigenvalue weighted by molar-refractivity contribution is 7.89. The fourth-order valence-corrected chi connectivity index (χ4v) is 2.59. The predicted molar refractivity (Wildman–Crippen MR) is 84.1 cm³/mol. The number of carbonyl (C=O) groups is 1. The first-order valence-electron chi connectivity index (χ1n) is 6.83. The first-order valence-corrected chi connectivity index (χ1v) is 8.31. The van der Waals surface area contributed by atoms with E-state index in [4.69, 9.17) is 10.5 Å². The lowest BCUT2D eigenvalue weighted by atomic mass is 10.1. The van der Waals surface area contributed by atoms with Gasteiger partial charge in [-0.25, -0.2) is 13.1 Å². The zero-order valence-electron chi connectivity index (χ0n) is 13.0. The lowest BCUT2D eigenvalue weighted by Gasteiger charge is -2.24. The van der Waals surface area contributed by atoms with Crippen molar-refractivity contribution in [2.24, 2.45) is 5.73 Å². The maximum atomic E-state index is 12.0. The quantitative estimate of drug-likeness (QED) is 0.585. The van der Waals surface area contributed by atoms with Gasteiger partial charge in [0.25, 0.3) is 5.91 Å². The van der Waals surface area contributed by atoms with Gasteiger partial charge in [0, 0.05) is 31.3 Å². The molecule has 1 rings (SSSR count). The third kappa shape index (κ3) is 5.38. The van der Waals surface area contributed by atoms with E-state index in [0.717, 1.165) is 0 Å². The average Bonchev–Trinajstić information content (AvgIpc) is 2.47. The van der Waals surface area contributed by atoms with Gasteiger partial charge in [-0.1, -0.05) is 0 Å². The number of rotatable bonds is 8. The van der Waals surface area contributed by atoms with E-state index < -0.39 is 15.6 Å². The summed E-state index contributed by atoms with van der Waals surface area (Å²) in [5, 5.41) is 2.78. The number of hydrogen-bond acceptors (Lipinski definition) is 5. The first-order chi connectivity index (χ1) is 10.2. The van der Waals surface area contributed by atoms with Crippen molar-refractivity contribution in [3.63, 3.8) is 0 Å². The predicted octanol–water partition coefficient (Wildman–Crippen LogP) is 0.0784. The van der Waals surface area contributed by atoms with Crippen LogP contribution in [-0.4, -0.2) is 46.7 Å². The van der Waals surface area contributed by atoms with Gasteiger partial charge in [0.1, 0.15) is 0 Å². The van der Waals surface area contributed by atoms with Crippen molar-refractivity contribution in [1.82, 2.24) is 10.0 Å². The molecule has 1 aromatic rings. The SMILES string of the molecule is COCCNS(=O)(=O)c1ccc(C(=O)NC(C)(C)CN)cc1. The number of amides is 1. The van der Waals surface area contributed by atoms with Gasteiger partial charge in [-0.3, -0.25) is 4.79 Å². The molecule has 0 unspecified atom stereocenters. The van der Waals surface area contributed by atoms with Gasteiger partial charge < -0.3 is 15.8 Å². The van der Waals surface area contributed by atoms with Crippen LogP contribution in [0.1, 0.15) is 24.2 Å². The van der Waals surface area contributed by atoms with E-state index in [9.17, 15) is 13.2 Å². The zero-order valence-corrected chi connectivity index (χ0v) is 13.9. The van der Waals surface area contributed by atoms with E-state index in [1.165, 1.54) is 31.4 Å². The summed E-state index contributed by atoms with van der Waals surface area (Å²) in [6, 6.07) is 5.71. The van der Waals surface area contributed by atoms with Crippen molar-refractivity contribution in [1.29, 1.82) is 0 Å². The Hall–Kier alpha value is -1.48. The second-order valence-corrected chi connectivity index (χ2v) is 7.22. The molecule has 0 fully saturated rings. The van der Waals surface area contributed by atoms with Crippen LogP contribution in [0.2, 0.25) is 0 Å². The van der Waals surface area contributed by atoms with Gasteiger partial charge in [0.15, 0.2) is 0 Å². The maximum Gasteiger partial charge on any atom is 0.251 e. The highest BCUT2D eigenvalue weighted by atomic mass is 32.2. The standard InChI is InChI=1S/C14H23N3O4S/c1-14(2,10-15)17-13(18)11-4-6-12(7-5-11)22(19,20)16-8-9-21-3/h4-7,16H,8-10,15H2,1-3H3,(H,17,18). The monoisotopic (exact) mass is 329 g/mol. The normalized spacial score (nSPS) is 12.2. The van der Waals surface area contributed by atoms with Crippen molar-refractivity contribution in [2.45, 2.75) is 24.3 Å². The molecule has 0 spiro atoms. The van der Waals surface area contributed by atoms with Crippen molar-refractivity contribution in [2.75, 3.05) is 26.8 Å². The molecular formula is C14H23N3O4S. The average molecular weight is 329 g/mol. The molecule has 4 N–H and O–H groups in total. The minimum atomic E-state index is -3.60. The summed E-state index contributed by atoms with van der Waals surface area (Å²) in [5.74, 6) is -0.299. The second kappa shape index (κ2) is 7.68. The van der Waals surface area contributed by atoms with Gasteiger partial charge in [-0.15, -0.1) is 0 Å². The van der Waals surface area contributed by atoms with Crippen molar-refractivity contribution in [3.8, 4) is 0 Å². The van der Waals surface area contributed by atoms with E-state index in [2.05, 4.69) is 10.0 Å². The van der Waals surface area contributed by atoms with Crippen molar-refractivity contribution >= 4 is 15.9 Å². The number of nitrogens with one attached hydrogen (secondary N) is 2. The Morgan fingerprint density at radius 2 is 1.86 bits per heavy atom. The molecule has 124 valence electrons. The highest BCUT2D eigenvalue weighted by Crippen LogP contribution is 2.11. The van der Waals surface area contributed by atoms with E-state index in [1.54, 1.807) is 0 Å². The van der Waals surface area contributed by atoms with Crippen LogP contribution >= 0.6 is 0 Å². The summed E-state index contributed by atoms with van der Waals surface area (Å²) in [6.07, 6.45) is 0.